The van der Waals surface area contributed by atoms with Crippen LogP contribution < -0.4 is 5.73 Å². The minimum absolute atomic E-state index is 0.235. The molecule has 1 heterocycles. The zero-order valence-electron chi connectivity index (χ0n) is 10.1. The first-order chi connectivity index (χ1) is 8.22. The van der Waals surface area contributed by atoms with Gasteiger partial charge in [0.2, 0.25) is 0 Å². The Morgan fingerprint density at radius 3 is 2.71 bits per heavy atom. The second-order valence-corrected chi connectivity index (χ2v) is 4.92. The summed E-state index contributed by atoms with van der Waals surface area (Å²) in [6, 6.07) is 8.63. The number of likely N-dealkylation sites (N-methyl/N-ethyl adjacent to an activating group) is 1. The molecule has 1 aromatic carbocycles. The van der Waals surface area contributed by atoms with Gasteiger partial charge in [0.25, 0.3) is 0 Å². The molecule has 2 N–H and O–H groups in total. The molecule has 0 aliphatic carbocycles. The summed E-state index contributed by atoms with van der Waals surface area (Å²) in [6.45, 7) is 2.27. The monoisotopic (exact) mass is 254 g/mol. The van der Waals surface area contributed by atoms with Crippen molar-refractivity contribution in [3.05, 3.63) is 34.9 Å². The third-order valence-corrected chi connectivity index (χ3v) is 3.70. The molecule has 3 nitrogen and oxygen atoms in total. The van der Waals surface area contributed by atoms with Gasteiger partial charge < -0.3 is 10.5 Å². The van der Waals surface area contributed by atoms with Gasteiger partial charge >= 0.3 is 0 Å². The fraction of sp³-hybridized carbons (Fsp3) is 0.538. The van der Waals surface area contributed by atoms with Crippen LogP contribution in [0.15, 0.2) is 24.3 Å². The molecule has 94 valence electrons. The molecule has 1 saturated heterocycles. The van der Waals surface area contributed by atoms with Gasteiger partial charge in [0.1, 0.15) is 0 Å². The van der Waals surface area contributed by atoms with E-state index in [1.54, 1.807) is 0 Å². The summed E-state index contributed by atoms with van der Waals surface area (Å²) >= 11 is 5.90. The number of hydrogen-bond acceptors (Lipinski definition) is 3. The molecule has 0 saturated carbocycles. The van der Waals surface area contributed by atoms with Crippen molar-refractivity contribution in [1.82, 2.24) is 4.90 Å². The van der Waals surface area contributed by atoms with Crippen molar-refractivity contribution < 1.29 is 4.74 Å². The van der Waals surface area contributed by atoms with E-state index in [0.717, 1.165) is 24.7 Å². The van der Waals surface area contributed by atoms with E-state index < -0.39 is 0 Å². The molecule has 0 bridgehead atoms. The molecule has 1 aromatic rings. The van der Waals surface area contributed by atoms with Crippen molar-refractivity contribution in [3.8, 4) is 0 Å². The number of benzene rings is 1. The Bertz CT molecular complexity index is 349. The molecule has 4 heteroatoms. The van der Waals surface area contributed by atoms with Crippen molar-refractivity contribution >= 4 is 11.6 Å². The van der Waals surface area contributed by atoms with E-state index in [2.05, 4.69) is 11.9 Å². The molecule has 2 rings (SSSR count). The van der Waals surface area contributed by atoms with Gasteiger partial charge in [-0.3, -0.25) is 4.90 Å². The van der Waals surface area contributed by atoms with E-state index >= 15 is 0 Å². The predicted molar refractivity (Wildman–Crippen MR) is 70.2 cm³/mol. The van der Waals surface area contributed by atoms with Crippen LogP contribution in [0.25, 0.3) is 0 Å². The molecule has 0 amide bonds. The Balaban J connectivity index is 2.11. The molecule has 17 heavy (non-hydrogen) atoms. The Morgan fingerprint density at radius 1 is 1.47 bits per heavy atom. The first-order valence-corrected chi connectivity index (χ1v) is 6.35. The highest BCUT2D eigenvalue weighted by Gasteiger charge is 2.26. The van der Waals surface area contributed by atoms with E-state index in [1.165, 1.54) is 5.56 Å². The third kappa shape index (κ3) is 2.99. The van der Waals surface area contributed by atoms with Crippen LogP contribution in [-0.2, 0) is 4.74 Å². The summed E-state index contributed by atoms with van der Waals surface area (Å²) in [6.07, 6.45) is 1.08. The average molecular weight is 255 g/mol. The zero-order valence-corrected chi connectivity index (χ0v) is 10.9. The topological polar surface area (TPSA) is 38.5 Å². The van der Waals surface area contributed by atoms with Crippen molar-refractivity contribution in [2.45, 2.75) is 18.5 Å². The Kier molecular flexibility index (Phi) is 4.40. The van der Waals surface area contributed by atoms with Gasteiger partial charge in [-0.2, -0.15) is 0 Å². The lowest BCUT2D eigenvalue weighted by atomic mass is 10.0. The predicted octanol–water partition coefficient (Wildman–Crippen LogP) is 2.06. The van der Waals surface area contributed by atoms with E-state index in [4.69, 9.17) is 22.1 Å². The first kappa shape index (κ1) is 12.8. The summed E-state index contributed by atoms with van der Waals surface area (Å²) in [7, 11) is 2.12. The number of halogens is 1. The lowest BCUT2D eigenvalue weighted by Crippen LogP contribution is -2.38. The smallest absolute Gasteiger partial charge is 0.0622 e. The van der Waals surface area contributed by atoms with Crippen LogP contribution in [0.1, 0.15) is 18.0 Å². The number of nitrogens with two attached hydrogens (primary N) is 1. The second-order valence-electron chi connectivity index (χ2n) is 4.49. The number of nitrogens with zero attached hydrogens (tertiary/aromatic N) is 1. The van der Waals surface area contributed by atoms with Crippen LogP contribution in [-0.4, -0.2) is 37.7 Å². The zero-order chi connectivity index (χ0) is 12.3. The fourth-order valence-electron chi connectivity index (χ4n) is 2.32. The highest BCUT2D eigenvalue weighted by Crippen LogP contribution is 2.24. The number of rotatable bonds is 4. The maximum Gasteiger partial charge on any atom is 0.0622 e. The molecule has 2 unspecified atom stereocenters. The number of ether oxygens (including phenoxy) is 1. The molecule has 0 radical (unpaired) electrons. The van der Waals surface area contributed by atoms with Crippen LogP contribution in [0, 0.1) is 0 Å². The maximum atomic E-state index is 5.90. The van der Waals surface area contributed by atoms with Gasteiger partial charge in [-0.1, -0.05) is 23.7 Å². The van der Waals surface area contributed by atoms with Gasteiger partial charge in [0.15, 0.2) is 0 Å². The van der Waals surface area contributed by atoms with Crippen LogP contribution in [0.2, 0.25) is 5.02 Å². The Morgan fingerprint density at radius 2 is 2.18 bits per heavy atom. The normalized spacial score (nSPS) is 22.0. The van der Waals surface area contributed by atoms with Crippen LogP contribution in [0.5, 0.6) is 0 Å². The van der Waals surface area contributed by atoms with Crippen molar-refractivity contribution in [2.24, 2.45) is 5.73 Å². The number of hydrogen-bond donors (Lipinski definition) is 1. The van der Waals surface area contributed by atoms with Crippen molar-refractivity contribution in [2.75, 3.05) is 26.8 Å². The molecule has 0 aromatic heterocycles. The molecule has 0 spiro atoms. The lowest BCUT2D eigenvalue weighted by Gasteiger charge is -2.31. The SMILES string of the molecule is CN(C1CCOC1)C(CN)c1ccc(Cl)cc1. The van der Waals surface area contributed by atoms with E-state index in [9.17, 15) is 0 Å². The second kappa shape index (κ2) is 5.83. The minimum atomic E-state index is 0.235. The maximum absolute atomic E-state index is 5.90. The molecule has 1 aliphatic rings. The van der Waals surface area contributed by atoms with E-state index in [0.29, 0.717) is 12.6 Å². The van der Waals surface area contributed by atoms with E-state index in [-0.39, 0.29) is 6.04 Å². The van der Waals surface area contributed by atoms with Gasteiger partial charge in [0.05, 0.1) is 6.61 Å². The largest absolute Gasteiger partial charge is 0.380 e. The summed E-state index contributed by atoms with van der Waals surface area (Å²) < 4.78 is 5.42. The fourth-order valence-corrected chi connectivity index (χ4v) is 2.45. The third-order valence-electron chi connectivity index (χ3n) is 3.45. The van der Waals surface area contributed by atoms with Gasteiger partial charge in [-0.05, 0) is 31.2 Å². The first-order valence-electron chi connectivity index (χ1n) is 5.97. The average Bonchev–Trinajstić information content (AvgIpc) is 2.86. The molecule has 2 atom stereocenters. The lowest BCUT2D eigenvalue weighted by molar-refractivity contribution is 0.134. The van der Waals surface area contributed by atoms with E-state index in [1.807, 2.05) is 24.3 Å². The van der Waals surface area contributed by atoms with Gasteiger partial charge in [-0.25, -0.2) is 0 Å². The molecular weight excluding hydrogens is 236 g/mol. The standard InChI is InChI=1S/C13H19ClN2O/c1-16(12-6-7-17-9-12)13(8-15)10-2-4-11(14)5-3-10/h2-5,12-13H,6-9,15H2,1H3. The van der Waals surface area contributed by atoms with Crippen molar-refractivity contribution in [1.29, 1.82) is 0 Å². The van der Waals surface area contributed by atoms with Gasteiger partial charge in [0, 0.05) is 30.3 Å². The highest BCUT2D eigenvalue weighted by molar-refractivity contribution is 6.30. The highest BCUT2D eigenvalue weighted by atomic mass is 35.5. The molecule has 1 fully saturated rings. The summed E-state index contributed by atoms with van der Waals surface area (Å²) in [4.78, 5) is 2.32. The van der Waals surface area contributed by atoms with Gasteiger partial charge in [-0.15, -0.1) is 0 Å². The summed E-state index contributed by atoms with van der Waals surface area (Å²) in [5, 5.41) is 0.761. The summed E-state index contributed by atoms with van der Waals surface area (Å²) in [5.41, 5.74) is 7.11. The summed E-state index contributed by atoms with van der Waals surface area (Å²) in [5.74, 6) is 0. The van der Waals surface area contributed by atoms with Crippen LogP contribution >= 0.6 is 11.6 Å². The molecular formula is C13H19ClN2O. The Labute approximate surface area is 107 Å². The quantitative estimate of drug-likeness (QED) is 0.894. The minimum Gasteiger partial charge on any atom is -0.380 e. The Hall–Kier alpha value is -0.610. The van der Waals surface area contributed by atoms with Crippen LogP contribution in [0.3, 0.4) is 0 Å². The van der Waals surface area contributed by atoms with Crippen LogP contribution in [0.4, 0.5) is 0 Å². The van der Waals surface area contributed by atoms with Crippen molar-refractivity contribution in [3.63, 3.8) is 0 Å². The molecule has 1 aliphatic heterocycles.